The van der Waals surface area contributed by atoms with Crippen molar-refractivity contribution in [2.45, 2.75) is 11.3 Å². The molecule has 138 valence electrons. The van der Waals surface area contributed by atoms with Crippen molar-refractivity contribution < 1.29 is 13.2 Å². The largest absolute Gasteiger partial charge is 0.274 e. The molecule has 0 bridgehead atoms. The van der Waals surface area contributed by atoms with Crippen molar-refractivity contribution >= 4 is 43.5 Å². The summed E-state index contributed by atoms with van der Waals surface area (Å²) in [7, 11) is -3.99. The molecule has 4 nitrogen and oxygen atoms in total. The number of sulfonamides is 1. The van der Waals surface area contributed by atoms with E-state index in [0.29, 0.717) is 4.47 Å². The van der Waals surface area contributed by atoms with Gasteiger partial charge in [-0.2, -0.15) is 0 Å². The molecule has 3 aromatic rings. The summed E-state index contributed by atoms with van der Waals surface area (Å²) >= 11 is 9.07. The van der Waals surface area contributed by atoms with E-state index in [1.807, 2.05) is 54.6 Å². The Morgan fingerprint density at radius 1 is 0.926 bits per heavy atom. The van der Waals surface area contributed by atoms with Crippen molar-refractivity contribution in [3.05, 3.63) is 87.9 Å². The zero-order valence-electron chi connectivity index (χ0n) is 14.0. The Bertz CT molecular complexity index is 1050. The lowest BCUT2D eigenvalue weighted by Crippen LogP contribution is -2.31. The Morgan fingerprint density at radius 3 is 2.19 bits per heavy atom. The van der Waals surface area contributed by atoms with Gasteiger partial charge in [-0.1, -0.05) is 82.1 Å². The lowest BCUT2D eigenvalue weighted by atomic mass is 10.0. The van der Waals surface area contributed by atoms with Gasteiger partial charge in [-0.3, -0.25) is 4.79 Å². The molecule has 0 aromatic heterocycles. The number of nitrogens with one attached hydrogen (secondary N) is 1. The highest BCUT2D eigenvalue weighted by Gasteiger charge is 2.19. The van der Waals surface area contributed by atoms with Gasteiger partial charge in [-0.05, 0) is 34.9 Å². The fraction of sp³-hybridized carbons (Fsp3) is 0.0500. The number of rotatable bonds is 5. The third-order valence-corrected chi connectivity index (χ3v) is 5.85. The molecular weight excluding hydrogens is 450 g/mol. The maximum absolute atomic E-state index is 12.4. The minimum Gasteiger partial charge on any atom is -0.274 e. The van der Waals surface area contributed by atoms with Gasteiger partial charge >= 0.3 is 0 Å². The fourth-order valence-electron chi connectivity index (χ4n) is 2.56. The van der Waals surface area contributed by atoms with Gasteiger partial charge in [-0.25, -0.2) is 13.1 Å². The minimum atomic E-state index is -3.99. The predicted octanol–water partition coefficient (Wildman–Crippen LogP) is 4.82. The second kappa shape index (κ2) is 8.25. The second-order valence-electron chi connectivity index (χ2n) is 5.87. The number of hydrogen-bond acceptors (Lipinski definition) is 3. The van der Waals surface area contributed by atoms with E-state index in [1.165, 1.54) is 12.1 Å². The standard InChI is InChI=1S/C20H15BrClNO3S/c21-17-11-18(22)13-19(12-17)27(25,26)23-20(24)10-14-6-8-16(9-7-14)15-4-2-1-3-5-15/h1-9,11-13H,10H2,(H,23,24). The molecule has 0 radical (unpaired) electrons. The molecular formula is C20H15BrClNO3S. The predicted molar refractivity (Wildman–Crippen MR) is 110 cm³/mol. The Balaban J connectivity index is 1.70. The van der Waals surface area contributed by atoms with Crippen LogP contribution in [0.1, 0.15) is 5.56 Å². The lowest BCUT2D eigenvalue weighted by molar-refractivity contribution is -0.118. The van der Waals surface area contributed by atoms with E-state index in [2.05, 4.69) is 20.7 Å². The monoisotopic (exact) mass is 463 g/mol. The average Bonchev–Trinajstić information content (AvgIpc) is 2.62. The highest BCUT2D eigenvalue weighted by atomic mass is 79.9. The zero-order valence-corrected chi connectivity index (χ0v) is 17.2. The van der Waals surface area contributed by atoms with Crippen LogP contribution in [0.5, 0.6) is 0 Å². The zero-order chi connectivity index (χ0) is 19.4. The van der Waals surface area contributed by atoms with E-state index in [4.69, 9.17) is 11.6 Å². The van der Waals surface area contributed by atoms with Gasteiger partial charge < -0.3 is 0 Å². The maximum Gasteiger partial charge on any atom is 0.264 e. The molecule has 0 saturated carbocycles. The number of amides is 1. The van der Waals surface area contributed by atoms with E-state index < -0.39 is 15.9 Å². The molecule has 0 aliphatic carbocycles. The van der Waals surface area contributed by atoms with Crippen LogP contribution in [0.3, 0.4) is 0 Å². The van der Waals surface area contributed by atoms with E-state index in [9.17, 15) is 13.2 Å². The Labute approximate surface area is 171 Å². The Kier molecular flexibility index (Phi) is 5.99. The van der Waals surface area contributed by atoms with Crippen LogP contribution in [0.15, 0.2) is 82.2 Å². The summed E-state index contributed by atoms with van der Waals surface area (Å²) in [6, 6.07) is 21.5. The molecule has 3 rings (SSSR count). The summed E-state index contributed by atoms with van der Waals surface area (Å²) in [6.45, 7) is 0. The number of carbonyl (C=O) groups is 1. The molecule has 1 N–H and O–H groups in total. The smallest absolute Gasteiger partial charge is 0.264 e. The summed E-state index contributed by atoms with van der Waals surface area (Å²) < 4.78 is 27.3. The first-order valence-electron chi connectivity index (χ1n) is 7.99. The van der Waals surface area contributed by atoms with Gasteiger partial charge in [0, 0.05) is 9.50 Å². The van der Waals surface area contributed by atoms with Crippen molar-refractivity contribution in [3.63, 3.8) is 0 Å². The molecule has 0 aliphatic heterocycles. The van der Waals surface area contributed by atoms with Gasteiger partial charge in [0.1, 0.15) is 0 Å². The normalized spacial score (nSPS) is 11.2. The summed E-state index contributed by atoms with van der Waals surface area (Å²) in [5.41, 5.74) is 2.81. The highest BCUT2D eigenvalue weighted by Crippen LogP contribution is 2.23. The number of carbonyl (C=O) groups excluding carboxylic acids is 1. The van der Waals surface area contributed by atoms with Crippen LogP contribution in [0.4, 0.5) is 0 Å². The molecule has 0 unspecified atom stereocenters. The first-order valence-corrected chi connectivity index (χ1v) is 10.6. The highest BCUT2D eigenvalue weighted by molar-refractivity contribution is 9.10. The number of halogens is 2. The summed E-state index contributed by atoms with van der Waals surface area (Å²) in [5, 5.41) is 0.258. The molecule has 0 fully saturated rings. The summed E-state index contributed by atoms with van der Waals surface area (Å²) in [5.74, 6) is -0.612. The lowest BCUT2D eigenvalue weighted by Gasteiger charge is -2.09. The summed E-state index contributed by atoms with van der Waals surface area (Å²) in [6.07, 6.45) is -0.0456. The minimum absolute atomic E-state index is 0.0456. The van der Waals surface area contributed by atoms with Gasteiger partial charge in [0.2, 0.25) is 5.91 Å². The van der Waals surface area contributed by atoms with Crippen molar-refractivity contribution in [2.24, 2.45) is 0 Å². The molecule has 0 saturated heterocycles. The molecule has 0 heterocycles. The van der Waals surface area contributed by atoms with Crippen molar-refractivity contribution in [1.29, 1.82) is 0 Å². The Morgan fingerprint density at radius 2 is 1.56 bits per heavy atom. The first kappa shape index (κ1) is 19.6. The van der Waals surface area contributed by atoms with Crippen molar-refractivity contribution in [1.82, 2.24) is 4.72 Å². The van der Waals surface area contributed by atoms with Gasteiger partial charge in [-0.15, -0.1) is 0 Å². The number of hydrogen-bond donors (Lipinski definition) is 1. The SMILES string of the molecule is O=C(Cc1ccc(-c2ccccc2)cc1)NS(=O)(=O)c1cc(Cl)cc(Br)c1. The Hall–Kier alpha value is -2.15. The van der Waals surface area contributed by atoms with Crippen LogP contribution < -0.4 is 4.72 Å². The van der Waals surface area contributed by atoms with E-state index in [0.717, 1.165) is 16.7 Å². The molecule has 27 heavy (non-hydrogen) atoms. The number of benzene rings is 3. The van der Waals surface area contributed by atoms with Crippen LogP contribution in [-0.4, -0.2) is 14.3 Å². The molecule has 3 aromatic carbocycles. The molecule has 0 atom stereocenters. The second-order valence-corrected chi connectivity index (χ2v) is 8.91. The van der Waals surface area contributed by atoms with Gasteiger partial charge in [0.15, 0.2) is 0 Å². The first-order chi connectivity index (χ1) is 12.8. The fourth-order valence-corrected chi connectivity index (χ4v) is 4.69. The summed E-state index contributed by atoms with van der Waals surface area (Å²) in [4.78, 5) is 12.1. The van der Waals surface area contributed by atoms with E-state index in [-0.39, 0.29) is 16.3 Å². The van der Waals surface area contributed by atoms with Crippen LogP contribution in [0, 0.1) is 0 Å². The average molecular weight is 465 g/mol. The van der Waals surface area contributed by atoms with Crippen LogP contribution in [-0.2, 0) is 21.2 Å². The van der Waals surface area contributed by atoms with Crippen LogP contribution >= 0.6 is 27.5 Å². The van der Waals surface area contributed by atoms with Gasteiger partial charge in [0.25, 0.3) is 10.0 Å². The maximum atomic E-state index is 12.4. The van der Waals surface area contributed by atoms with Crippen LogP contribution in [0.2, 0.25) is 5.02 Å². The molecule has 0 spiro atoms. The quantitative estimate of drug-likeness (QED) is 0.589. The van der Waals surface area contributed by atoms with Crippen molar-refractivity contribution in [2.75, 3.05) is 0 Å². The third-order valence-electron chi connectivity index (χ3n) is 3.82. The van der Waals surface area contributed by atoms with Gasteiger partial charge in [0.05, 0.1) is 11.3 Å². The van der Waals surface area contributed by atoms with Crippen LogP contribution in [0.25, 0.3) is 11.1 Å². The van der Waals surface area contributed by atoms with E-state index >= 15 is 0 Å². The molecule has 7 heteroatoms. The molecule has 0 aliphatic rings. The van der Waals surface area contributed by atoms with Crippen molar-refractivity contribution in [3.8, 4) is 11.1 Å². The third kappa shape index (κ3) is 5.19. The topological polar surface area (TPSA) is 63.2 Å². The van der Waals surface area contributed by atoms with E-state index in [1.54, 1.807) is 6.07 Å². The molecule has 1 amide bonds.